The molecule has 0 fully saturated rings. The number of hydrogen-bond donors (Lipinski definition) is 0. The van der Waals surface area contributed by atoms with Gasteiger partial charge in [-0.1, -0.05) is 44.7 Å². The minimum atomic E-state index is 0.722. The highest BCUT2D eigenvalue weighted by Gasteiger charge is 1.96. The Morgan fingerprint density at radius 2 is 1.74 bits per heavy atom. The van der Waals surface area contributed by atoms with Gasteiger partial charge in [-0.2, -0.15) is 0 Å². The molecule has 19 heavy (non-hydrogen) atoms. The lowest BCUT2D eigenvalue weighted by Crippen LogP contribution is -1.94. The molecule has 0 amide bonds. The number of rotatable bonds is 7. The van der Waals surface area contributed by atoms with E-state index in [1.807, 2.05) is 6.08 Å². The topological polar surface area (TPSA) is 24.7 Å². The summed E-state index contributed by atoms with van der Waals surface area (Å²) < 4.78 is 0. The second-order valence-corrected chi connectivity index (χ2v) is 4.59. The van der Waals surface area contributed by atoms with Crippen molar-refractivity contribution >= 4 is 11.4 Å². The summed E-state index contributed by atoms with van der Waals surface area (Å²) in [6, 6.07) is 8.50. The second-order valence-electron chi connectivity index (χ2n) is 4.59. The van der Waals surface area contributed by atoms with Crippen LogP contribution >= 0.6 is 0 Å². The van der Waals surface area contributed by atoms with Crippen LogP contribution < -0.4 is 0 Å². The van der Waals surface area contributed by atoms with E-state index in [0.29, 0.717) is 0 Å². The molecule has 0 aliphatic rings. The normalized spacial score (nSPS) is 12.6. The average molecular weight is 256 g/mol. The summed E-state index contributed by atoms with van der Waals surface area (Å²) in [5.41, 5.74) is 4.74. The van der Waals surface area contributed by atoms with Crippen molar-refractivity contribution in [2.24, 2.45) is 9.98 Å². The fourth-order valence-electron chi connectivity index (χ4n) is 1.68. The molecule has 0 unspecified atom stereocenters. The molecule has 0 aliphatic heterocycles. The van der Waals surface area contributed by atoms with E-state index in [1.165, 1.54) is 16.8 Å². The molecule has 0 aliphatic carbocycles. The molecular formula is C17H24N2. The SMILES string of the molecule is C=CC(CC)=NCc1cccc(CN=C(C)CC)c1. The van der Waals surface area contributed by atoms with Crippen LogP contribution in [0, 0.1) is 0 Å². The molecule has 0 aromatic heterocycles. The first-order chi connectivity index (χ1) is 9.19. The third-order valence-corrected chi connectivity index (χ3v) is 3.10. The molecular weight excluding hydrogens is 232 g/mol. The average Bonchev–Trinajstić information content (AvgIpc) is 2.46. The highest BCUT2D eigenvalue weighted by Crippen LogP contribution is 2.09. The summed E-state index contributed by atoms with van der Waals surface area (Å²) in [4.78, 5) is 9.09. The lowest BCUT2D eigenvalue weighted by molar-refractivity contribution is 1.01. The minimum absolute atomic E-state index is 0.722. The van der Waals surface area contributed by atoms with Gasteiger partial charge in [0.05, 0.1) is 13.1 Å². The number of benzene rings is 1. The molecule has 2 heteroatoms. The fraction of sp³-hybridized carbons (Fsp3) is 0.412. The van der Waals surface area contributed by atoms with Gasteiger partial charge in [0.15, 0.2) is 0 Å². The smallest absolute Gasteiger partial charge is 0.0643 e. The van der Waals surface area contributed by atoms with Gasteiger partial charge in [0.1, 0.15) is 0 Å². The van der Waals surface area contributed by atoms with E-state index in [0.717, 1.165) is 31.6 Å². The number of hydrogen-bond acceptors (Lipinski definition) is 2. The van der Waals surface area contributed by atoms with Crippen molar-refractivity contribution in [2.45, 2.75) is 46.7 Å². The van der Waals surface area contributed by atoms with Crippen molar-refractivity contribution in [1.82, 2.24) is 0 Å². The zero-order valence-corrected chi connectivity index (χ0v) is 12.3. The van der Waals surface area contributed by atoms with E-state index in [4.69, 9.17) is 0 Å². The maximum atomic E-state index is 4.55. The molecule has 0 bridgehead atoms. The van der Waals surface area contributed by atoms with Crippen LogP contribution in [-0.4, -0.2) is 11.4 Å². The van der Waals surface area contributed by atoms with Gasteiger partial charge in [0.25, 0.3) is 0 Å². The molecule has 0 radical (unpaired) electrons. The minimum Gasteiger partial charge on any atom is -0.290 e. The molecule has 0 saturated heterocycles. The lowest BCUT2D eigenvalue weighted by Gasteiger charge is -2.03. The first-order valence-corrected chi connectivity index (χ1v) is 6.93. The second kappa shape index (κ2) is 8.41. The molecule has 0 heterocycles. The Bertz CT molecular complexity index is 470. The lowest BCUT2D eigenvalue weighted by atomic mass is 10.1. The molecule has 0 spiro atoms. The van der Waals surface area contributed by atoms with Gasteiger partial charge in [0.2, 0.25) is 0 Å². The van der Waals surface area contributed by atoms with Crippen LogP contribution in [0.15, 0.2) is 46.9 Å². The molecule has 1 aromatic carbocycles. The Kier molecular flexibility index (Phi) is 6.80. The quantitative estimate of drug-likeness (QED) is 0.637. The third-order valence-electron chi connectivity index (χ3n) is 3.10. The van der Waals surface area contributed by atoms with E-state index < -0.39 is 0 Å². The summed E-state index contributed by atoms with van der Waals surface area (Å²) in [5.74, 6) is 0. The Morgan fingerprint density at radius 3 is 2.26 bits per heavy atom. The number of aliphatic imine (C=N–C) groups is 2. The van der Waals surface area contributed by atoms with Crippen molar-refractivity contribution in [3.8, 4) is 0 Å². The van der Waals surface area contributed by atoms with Crippen LogP contribution in [0.25, 0.3) is 0 Å². The molecule has 0 saturated carbocycles. The molecule has 0 atom stereocenters. The molecule has 2 nitrogen and oxygen atoms in total. The Morgan fingerprint density at radius 1 is 1.11 bits per heavy atom. The van der Waals surface area contributed by atoms with Crippen molar-refractivity contribution in [1.29, 1.82) is 0 Å². The Balaban J connectivity index is 2.72. The zero-order chi connectivity index (χ0) is 14.1. The van der Waals surface area contributed by atoms with Crippen LogP contribution in [0.1, 0.15) is 44.7 Å². The van der Waals surface area contributed by atoms with Crippen LogP contribution in [0.5, 0.6) is 0 Å². The number of nitrogens with zero attached hydrogens (tertiary/aromatic N) is 2. The molecule has 102 valence electrons. The predicted octanol–water partition coefficient (Wildman–Crippen LogP) is 4.59. The molecule has 0 N–H and O–H groups in total. The molecule has 1 rings (SSSR count). The first kappa shape index (κ1) is 15.4. The van der Waals surface area contributed by atoms with E-state index in [9.17, 15) is 0 Å². The fourth-order valence-corrected chi connectivity index (χ4v) is 1.68. The predicted molar refractivity (Wildman–Crippen MR) is 85.2 cm³/mol. The summed E-state index contributed by atoms with van der Waals surface area (Å²) in [5, 5.41) is 0. The largest absolute Gasteiger partial charge is 0.290 e. The summed E-state index contributed by atoms with van der Waals surface area (Å²) in [6.45, 7) is 11.6. The standard InChI is InChI=1S/C17H24N2/c1-5-14(4)18-12-15-9-8-10-16(11-15)13-19-17(6-2)7-3/h6,8-11H,2,5,7,12-13H2,1,3-4H3. The van der Waals surface area contributed by atoms with E-state index in [1.54, 1.807) is 0 Å². The van der Waals surface area contributed by atoms with Crippen molar-refractivity contribution in [3.05, 3.63) is 48.0 Å². The van der Waals surface area contributed by atoms with Gasteiger partial charge in [-0.25, -0.2) is 0 Å². The van der Waals surface area contributed by atoms with Crippen molar-refractivity contribution < 1.29 is 0 Å². The van der Waals surface area contributed by atoms with Crippen LogP contribution in [-0.2, 0) is 13.1 Å². The van der Waals surface area contributed by atoms with Crippen LogP contribution in [0.3, 0.4) is 0 Å². The van der Waals surface area contributed by atoms with E-state index >= 15 is 0 Å². The van der Waals surface area contributed by atoms with E-state index in [-0.39, 0.29) is 0 Å². The maximum Gasteiger partial charge on any atom is 0.0643 e. The van der Waals surface area contributed by atoms with Crippen molar-refractivity contribution in [3.63, 3.8) is 0 Å². The summed E-state index contributed by atoms with van der Waals surface area (Å²) in [6.07, 6.45) is 3.78. The Labute approximate surface area is 117 Å². The van der Waals surface area contributed by atoms with Crippen LogP contribution in [0.2, 0.25) is 0 Å². The summed E-state index contributed by atoms with van der Waals surface area (Å²) in [7, 11) is 0. The molecule has 1 aromatic rings. The van der Waals surface area contributed by atoms with Gasteiger partial charge in [0, 0.05) is 11.4 Å². The highest BCUT2D eigenvalue weighted by atomic mass is 14.7. The van der Waals surface area contributed by atoms with E-state index in [2.05, 4.69) is 61.6 Å². The monoisotopic (exact) mass is 256 g/mol. The number of allylic oxidation sites excluding steroid dienone is 1. The van der Waals surface area contributed by atoms with Gasteiger partial charge < -0.3 is 0 Å². The first-order valence-electron chi connectivity index (χ1n) is 6.93. The van der Waals surface area contributed by atoms with Gasteiger partial charge in [-0.3, -0.25) is 9.98 Å². The van der Waals surface area contributed by atoms with Gasteiger partial charge >= 0.3 is 0 Å². The van der Waals surface area contributed by atoms with Crippen molar-refractivity contribution in [2.75, 3.05) is 0 Å². The van der Waals surface area contributed by atoms with Crippen LogP contribution in [0.4, 0.5) is 0 Å². The maximum absolute atomic E-state index is 4.55. The highest BCUT2D eigenvalue weighted by molar-refractivity contribution is 5.94. The third kappa shape index (κ3) is 5.64. The Hall–Kier alpha value is -1.70. The summed E-state index contributed by atoms with van der Waals surface area (Å²) >= 11 is 0. The van der Waals surface area contributed by atoms with Gasteiger partial charge in [-0.15, -0.1) is 0 Å². The van der Waals surface area contributed by atoms with Gasteiger partial charge in [-0.05, 0) is 37.0 Å². The zero-order valence-electron chi connectivity index (χ0n) is 12.3.